The first-order valence-electron chi connectivity index (χ1n) is 7.33. The highest BCUT2D eigenvalue weighted by Gasteiger charge is 2.32. The van der Waals surface area contributed by atoms with Crippen LogP contribution in [0.15, 0.2) is 40.9 Å². The van der Waals surface area contributed by atoms with E-state index in [1.54, 1.807) is 12.1 Å². The molecular formula is C18H19BrFN. The molecule has 0 aliphatic heterocycles. The minimum atomic E-state index is -0.177. The Bertz CT molecular complexity index is 624. The monoisotopic (exact) mass is 347 g/mol. The summed E-state index contributed by atoms with van der Waals surface area (Å²) in [7, 11) is 0. The largest absolute Gasteiger partial charge is 0.378 e. The van der Waals surface area contributed by atoms with Crippen LogP contribution in [0.2, 0.25) is 0 Å². The van der Waals surface area contributed by atoms with Crippen LogP contribution < -0.4 is 5.32 Å². The van der Waals surface area contributed by atoms with E-state index in [9.17, 15) is 4.39 Å². The molecule has 1 atom stereocenters. The molecule has 0 spiro atoms. The van der Waals surface area contributed by atoms with Crippen LogP contribution in [-0.4, -0.2) is 0 Å². The minimum Gasteiger partial charge on any atom is -0.378 e. The van der Waals surface area contributed by atoms with Crippen LogP contribution >= 0.6 is 15.9 Å². The average Bonchev–Trinajstić information content (AvgIpc) is 3.28. The van der Waals surface area contributed by atoms with E-state index in [2.05, 4.69) is 47.2 Å². The normalized spacial score (nSPS) is 15.8. The summed E-state index contributed by atoms with van der Waals surface area (Å²) in [4.78, 5) is 0. The van der Waals surface area contributed by atoms with Crippen molar-refractivity contribution < 1.29 is 4.39 Å². The van der Waals surface area contributed by atoms with Gasteiger partial charge in [-0.2, -0.15) is 0 Å². The molecule has 0 heterocycles. The number of halogens is 2. The molecule has 1 unspecified atom stereocenters. The van der Waals surface area contributed by atoms with Gasteiger partial charge in [0, 0.05) is 10.2 Å². The zero-order chi connectivity index (χ0) is 15.0. The SMILES string of the molecule is Cc1cc(NC(c2ccc(F)cc2)C2CC2)cc(C)c1Br. The van der Waals surface area contributed by atoms with Crippen LogP contribution in [-0.2, 0) is 0 Å². The highest BCUT2D eigenvalue weighted by molar-refractivity contribution is 9.10. The molecule has 1 N–H and O–H groups in total. The lowest BCUT2D eigenvalue weighted by molar-refractivity contribution is 0.622. The van der Waals surface area contributed by atoms with Crippen molar-refractivity contribution >= 4 is 21.6 Å². The van der Waals surface area contributed by atoms with E-state index < -0.39 is 0 Å². The van der Waals surface area contributed by atoms with Crippen LogP contribution in [0.4, 0.5) is 10.1 Å². The molecule has 0 saturated heterocycles. The second kappa shape index (κ2) is 5.80. The molecule has 3 heteroatoms. The summed E-state index contributed by atoms with van der Waals surface area (Å²) in [5.41, 5.74) is 4.75. The molecule has 1 nitrogen and oxygen atoms in total. The van der Waals surface area contributed by atoms with Gasteiger partial charge in [0.15, 0.2) is 0 Å². The van der Waals surface area contributed by atoms with Crippen molar-refractivity contribution in [3.8, 4) is 0 Å². The predicted molar refractivity (Wildman–Crippen MR) is 89.1 cm³/mol. The zero-order valence-corrected chi connectivity index (χ0v) is 13.9. The van der Waals surface area contributed by atoms with Gasteiger partial charge < -0.3 is 5.32 Å². The molecule has 2 aromatic carbocycles. The van der Waals surface area contributed by atoms with Crippen LogP contribution in [0.3, 0.4) is 0 Å². The van der Waals surface area contributed by atoms with E-state index in [1.807, 2.05) is 12.1 Å². The average molecular weight is 348 g/mol. The van der Waals surface area contributed by atoms with Gasteiger partial charge in [0.25, 0.3) is 0 Å². The highest BCUT2D eigenvalue weighted by atomic mass is 79.9. The third-order valence-electron chi connectivity index (χ3n) is 4.08. The first-order chi connectivity index (χ1) is 10.0. The third kappa shape index (κ3) is 3.29. The standard InChI is InChI=1S/C18H19BrFN/c1-11-9-16(10-12(2)17(11)19)21-18(13-3-4-13)14-5-7-15(20)8-6-14/h5-10,13,18,21H,3-4H2,1-2H3. The summed E-state index contributed by atoms with van der Waals surface area (Å²) in [6.07, 6.45) is 2.48. The molecule has 0 aromatic heterocycles. The van der Waals surface area contributed by atoms with Crippen molar-refractivity contribution in [3.63, 3.8) is 0 Å². The van der Waals surface area contributed by atoms with Gasteiger partial charge >= 0.3 is 0 Å². The van der Waals surface area contributed by atoms with E-state index >= 15 is 0 Å². The van der Waals surface area contributed by atoms with Gasteiger partial charge in [0.2, 0.25) is 0 Å². The Kier molecular flexibility index (Phi) is 4.03. The fourth-order valence-electron chi connectivity index (χ4n) is 2.78. The number of hydrogen-bond donors (Lipinski definition) is 1. The summed E-state index contributed by atoms with van der Waals surface area (Å²) in [6, 6.07) is 11.5. The number of rotatable bonds is 4. The number of benzene rings is 2. The number of anilines is 1. The molecular weight excluding hydrogens is 329 g/mol. The Balaban J connectivity index is 1.87. The lowest BCUT2D eigenvalue weighted by Crippen LogP contribution is -2.13. The Labute approximate surface area is 133 Å². The minimum absolute atomic E-state index is 0.177. The Morgan fingerprint density at radius 3 is 2.19 bits per heavy atom. The molecule has 0 bridgehead atoms. The van der Waals surface area contributed by atoms with E-state index in [-0.39, 0.29) is 11.9 Å². The summed E-state index contributed by atoms with van der Waals surface area (Å²) in [5, 5.41) is 3.64. The predicted octanol–water partition coefficient (Wildman–Crippen LogP) is 5.77. The van der Waals surface area contributed by atoms with Gasteiger partial charge in [-0.05, 0) is 73.6 Å². The number of hydrogen-bond acceptors (Lipinski definition) is 1. The third-order valence-corrected chi connectivity index (χ3v) is 5.33. The number of aryl methyl sites for hydroxylation is 2. The van der Waals surface area contributed by atoms with Crippen molar-refractivity contribution in [2.24, 2.45) is 5.92 Å². The van der Waals surface area contributed by atoms with Gasteiger partial charge in [-0.15, -0.1) is 0 Å². The van der Waals surface area contributed by atoms with Crippen molar-refractivity contribution in [3.05, 3.63) is 63.4 Å². The first kappa shape index (κ1) is 14.6. The summed E-state index contributed by atoms with van der Waals surface area (Å²) in [6.45, 7) is 4.21. The van der Waals surface area contributed by atoms with E-state index in [0.29, 0.717) is 5.92 Å². The highest BCUT2D eigenvalue weighted by Crippen LogP contribution is 2.43. The van der Waals surface area contributed by atoms with Crippen LogP contribution in [0.25, 0.3) is 0 Å². The van der Waals surface area contributed by atoms with Crippen molar-refractivity contribution in [2.45, 2.75) is 32.7 Å². The maximum atomic E-state index is 13.1. The van der Waals surface area contributed by atoms with E-state index in [4.69, 9.17) is 0 Å². The molecule has 1 saturated carbocycles. The summed E-state index contributed by atoms with van der Waals surface area (Å²) >= 11 is 3.60. The fraction of sp³-hybridized carbons (Fsp3) is 0.333. The summed E-state index contributed by atoms with van der Waals surface area (Å²) in [5.74, 6) is 0.475. The molecule has 110 valence electrons. The number of nitrogens with one attached hydrogen (secondary N) is 1. The van der Waals surface area contributed by atoms with Crippen molar-refractivity contribution in [1.82, 2.24) is 0 Å². The van der Waals surface area contributed by atoms with Gasteiger partial charge in [0.1, 0.15) is 5.82 Å². The topological polar surface area (TPSA) is 12.0 Å². The van der Waals surface area contributed by atoms with E-state index in [0.717, 1.165) is 15.7 Å². The maximum absolute atomic E-state index is 13.1. The van der Waals surface area contributed by atoms with Crippen molar-refractivity contribution in [2.75, 3.05) is 5.32 Å². The lowest BCUT2D eigenvalue weighted by atomic mass is 10.0. The second-order valence-corrected chi connectivity index (χ2v) is 6.73. The van der Waals surface area contributed by atoms with Crippen LogP contribution in [0.1, 0.15) is 35.6 Å². The van der Waals surface area contributed by atoms with Gasteiger partial charge in [-0.3, -0.25) is 0 Å². The van der Waals surface area contributed by atoms with Crippen LogP contribution in [0, 0.1) is 25.6 Å². The quantitative estimate of drug-likeness (QED) is 0.740. The molecule has 1 aliphatic rings. The van der Waals surface area contributed by atoms with Crippen molar-refractivity contribution in [1.29, 1.82) is 0 Å². The molecule has 0 amide bonds. The van der Waals surface area contributed by atoms with Gasteiger partial charge in [0.05, 0.1) is 6.04 Å². The molecule has 3 rings (SSSR count). The Hall–Kier alpha value is -1.35. The molecule has 0 radical (unpaired) electrons. The van der Waals surface area contributed by atoms with Crippen LogP contribution in [0.5, 0.6) is 0 Å². The summed E-state index contributed by atoms with van der Waals surface area (Å²) < 4.78 is 14.3. The van der Waals surface area contributed by atoms with Gasteiger partial charge in [-0.1, -0.05) is 28.1 Å². The Morgan fingerprint density at radius 2 is 1.67 bits per heavy atom. The van der Waals surface area contributed by atoms with Gasteiger partial charge in [-0.25, -0.2) is 4.39 Å². The van der Waals surface area contributed by atoms with E-state index in [1.165, 1.54) is 24.0 Å². The Morgan fingerprint density at radius 1 is 1.10 bits per heavy atom. The molecule has 21 heavy (non-hydrogen) atoms. The zero-order valence-electron chi connectivity index (χ0n) is 12.3. The molecule has 1 fully saturated rings. The maximum Gasteiger partial charge on any atom is 0.123 e. The first-order valence-corrected chi connectivity index (χ1v) is 8.12. The molecule has 2 aromatic rings. The molecule has 1 aliphatic carbocycles. The fourth-order valence-corrected chi connectivity index (χ4v) is 3.01. The second-order valence-electron chi connectivity index (χ2n) is 5.94. The smallest absolute Gasteiger partial charge is 0.123 e. The lowest BCUT2D eigenvalue weighted by Gasteiger charge is -2.21.